The maximum absolute atomic E-state index is 13.4. The molecule has 0 bridgehead atoms. The van der Waals surface area contributed by atoms with Crippen molar-refractivity contribution >= 4 is 44.8 Å². The van der Waals surface area contributed by atoms with Gasteiger partial charge in [0.1, 0.15) is 13.2 Å². The molecule has 0 saturated carbocycles. The molecule has 1 aliphatic rings. The number of halogens is 2. The highest BCUT2D eigenvalue weighted by Gasteiger charge is 2.28. The number of carbonyl (C=O) groups excluding carboxylic acids is 1. The van der Waals surface area contributed by atoms with Gasteiger partial charge in [-0.1, -0.05) is 41.4 Å². The van der Waals surface area contributed by atoms with E-state index in [2.05, 4.69) is 5.32 Å². The summed E-state index contributed by atoms with van der Waals surface area (Å²) in [5.74, 6) is 0.585. The molecule has 1 N–H and O–H groups in total. The molecule has 172 valence electrons. The van der Waals surface area contributed by atoms with E-state index in [1.54, 1.807) is 42.5 Å². The van der Waals surface area contributed by atoms with E-state index in [0.717, 1.165) is 4.31 Å². The second-order valence-electron chi connectivity index (χ2n) is 7.23. The molecular weight excluding hydrogens is 487 g/mol. The number of nitrogens with zero attached hydrogens (tertiary/aromatic N) is 1. The minimum Gasteiger partial charge on any atom is -0.486 e. The van der Waals surface area contributed by atoms with Gasteiger partial charge in [-0.05, 0) is 48.0 Å². The summed E-state index contributed by atoms with van der Waals surface area (Å²) in [6.45, 7) is 0.359. The van der Waals surface area contributed by atoms with Crippen LogP contribution in [0.15, 0.2) is 71.6 Å². The predicted octanol–water partition coefficient (Wildman–Crippen LogP) is 4.59. The van der Waals surface area contributed by atoms with Crippen LogP contribution in [0, 0.1) is 0 Å². The highest BCUT2D eigenvalue weighted by molar-refractivity contribution is 7.89. The first-order valence-electron chi connectivity index (χ1n) is 10.0. The van der Waals surface area contributed by atoms with Gasteiger partial charge in [-0.15, -0.1) is 0 Å². The van der Waals surface area contributed by atoms with Crippen LogP contribution in [-0.4, -0.2) is 38.4 Å². The van der Waals surface area contributed by atoms with E-state index in [1.807, 2.05) is 0 Å². The van der Waals surface area contributed by atoms with E-state index in [9.17, 15) is 13.2 Å². The van der Waals surface area contributed by atoms with Gasteiger partial charge in [-0.3, -0.25) is 4.79 Å². The molecule has 1 amide bonds. The Hall–Kier alpha value is -2.78. The Bertz CT molecular complexity index is 1270. The maximum Gasteiger partial charge on any atom is 0.243 e. The molecule has 0 aliphatic carbocycles. The lowest BCUT2D eigenvalue weighted by molar-refractivity contribution is -0.116. The fourth-order valence-electron chi connectivity index (χ4n) is 3.28. The van der Waals surface area contributed by atoms with Gasteiger partial charge in [0.2, 0.25) is 15.9 Å². The minimum absolute atomic E-state index is 0.0195. The molecule has 3 aromatic rings. The molecule has 0 atom stereocenters. The van der Waals surface area contributed by atoms with Crippen molar-refractivity contribution in [3.63, 3.8) is 0 Å². The van der Waals surface area contributed by atoms with Crippen molar-refractivity contribution in [3.05, 3.63) is 82.3 Å². The summed E-state index contributed by atoms with van der Waals surface area (Å²) < 4.78 is 38.8. The van der Waals surface area contributed by atoms with Crippen molar-refractivity contribution < 1.29 is 22.7 Å². The second kappa shape index (κ2) is 10.0. The molecule has 1 heterocycles. The number of fused-ring (bicyclic) bond motifs is 1. The van der Waals surface area contributed by atoms with Gasteiger partial charge in [0.05, 0.1) is 11.4 Å². The zero-order chi connectivity index (χ0) is 23.4. The summed E-state index contributed by atoms with van der Waals surface area (Å²) in [4.78, 5) is 12.9. The fraction of sp³-hybridized carbons (Fsp3) is 0.174. The van der Waals surface area contributed by atoms with Crippen LogP contribution in [0.1, 0.15) is 5.56 Å². The van der Waals surface area contributed by atoms with Crippen LogP contribution >= 0.6 is 23.2 Å². The highest BCUT2D eigenvalue weighted by Crippen LogP contribution is 2.32. The normalized spacial score (nSPS) is 13.1. The number of anilines is 1. The number of carbonyl (C=O) groups is 1. The Morgan fingerprint density at radius 2 is 1.64 bits per heavy atom. The largest absolute Gasteiger partial charge is 0.486 e. The third kappa shape index (κ3) is 5.59. The van der Waals surface area contributed by atoms with Gasteiger partial charge in [-0.2, -0.15) is 4.31 Å². The van der Waals surface area contributed by atoms with Crippen molar-refractivity contribution in [2.24, 2.45) is 0 Å². The standard InChI is InChI=1S/C23H20Cl2N2O5S/c24-17-5-8-19(9-6-17)33(29,30)27(14-16-3-1-2-4-20(16)25)15-23(28)26-18-7-10-21-22(13-18)32-12-11-31-21/h1-10,13H,11-12,14-15H2,(H,26,28). The zero-order valence-electron chi connectivity index (χ0n) is 17.3. The number of rotatable bonds is 7. The van der Waals surface area contributed by atoms with Crippen molar-refractivity contribution in [1.29, 1.82) is 0 Å². The van der Waals surface area contributed by atoms with Crippen LogP contribution in [0.4, 0.5) is 5.69 Å². The molecule has 33 heavy (non-hydrogen) atoms. The number of nitrogens with one attached hydrogen (secondary N) is 1. The molecule has 0 spiro atoms. The first kappa shape index (κ1) is 23.4. The lowest BCUT2D eigenvalue weighted by Gasteiger charge is -2.23. The molecule has 7 nitrogen and oxygen atoms in total. The van der Waals surface area contributed by atoms with Crippen LogP contribution < -0.4 is 14.8 Å². The molecule has 0 aromatic heterocycles. The van der Waals surface area contributed by atoms with Gasteiger partial charge in [-0.25, -0.2) is 8.42 Å². The summed E-state index contributed by atoms with van der Waals surface area (Å²) in [7, 11) is -4.02. The summed E-state index contributed by atoms with van der Waals surface area (Å²) in [6, 6.07) is 17.6. The van der Waals surface area contributed by atoms with Gasteiger partial charge in [0.15, 0.2) is 11.5 Å². The van der Waals surface area contributed by atoms with Crippen molar-refractivity contribution in [1.82, 2.24) is 4.31 Å². The van der Waals surface area contributed by atoms with Crippen LogP contribution in [0.25, 0.3) is 0 Å². The number of amides is 1. The second-order valence-corrected chi connectivity index (χ2v) is 10.0. The number of sulfonamides is 1. The van der Waals surface area contributed by atoms with Gasteiger partial charge in [0.25, 0.3) is 0 Å². The quantitative estimate of drug-likeness (QED) is 0.506. The average molecular weight is 507 g/mol. The first-order valence-corrected chi connectivity index (χ1v) is 12.2. The smallest absolute Gasteiger partial charge is 0.243 e. The van der Waals surface area contributed by atoms with E-state index < -0.39 is 22.5 Å². The molecule has 4 rings (SSSR count). The Morgan fingerprint density at radius 1 is 0.939 bits per heavy atom. The predicted molar refractivity (Wildman–Crippen MR) is 127 cm³/mol. The Morgan fingerprint density at radius 3 is 2.36 bits per heavy atom. The zero-order valence-corrected chi connectivity index (χ0v) is 19.7. The van der Waals surface area contributed by atoms with Crippen LogP contribution in [0.5, 0.6) is 11.5 Å². The van der Waals surface area contributed by atoms with Crippen LogP contribution in [-0.2, 0) is 21.4 Å². The van der Waals surface area contributed by atoms with E-state index >= 15 is 0 Å². The van der Waals surface area contributed by atoms with E-state index in [0.29, 0.717) is 46.0 Å². The number of hydrogen-bond acceptors (Lipinski definition) is 5. The topological polar surface area (TPSA) is 84.9 Å². The lowest BCUT2D eigenvalue weighted by Crippen LogP contribution is -2.37. The summed E-state index contributed by atoms with van der Waals surface area (Å²) >= 11 is 12.2. The monoisotopic (exact) mass is 506 g/mol. The third-order valence-electron chi connectivity index (χ3n) is 4.90. The van der Waals surface area contributed by atoms with E-state index in [-0.39, 0.29) is 11.4 Å². The van der Waals surface area contributed by atoms with Crippen LogP contribution in [0.2, 0.25) is 10.0 Å². The molecule has 0 saturated heterocycles. The fourth-order valence-corrected chi connectivity index (χ4v) is 4.98. The Balaban J connectivity index is 1.58. The van der Waals surface area contributed by atoms with Gasteiger partial charge >= 0.3 is 0 Å². The molecule has 0 fully saturated rings. The molecule has 10 heteroatoms. The maximum atomic E-state index is 13.4. The van der Waals surface area contributed by atoms with Crippen molar-refractivity contribution in [2.75, 3.05) is 25.1 Å². The summed E-state index contributed by atoms with van der Waals surface area (Å²) in [6.07, 6.45) is 0. The lowest BCUT2D eigenvalue weighted by atomic mass is 10.2. The molecular formula is C23H20Cl2N2O5S. The SMILES string of the molecule is O=C(CN(Cc1ccccc1Cl)S(=O)(=O)c1ccc(Cl)cc1)Nc1ccc2c(c1)OCCO2. The molecule has 0 unspecified atom stereocenters. The Kier molecular flexibility index (Phi) is 7.09. The Labute approximate surface area is 201 Å². The van der Waals surface area contributed by atoms with E-state index in [1.165, 1.54) is 24.3 Å². The number of hydrogen-bond donors (Lipinski definition) is 1. The average Bonchev–Trinajstić information content (AvgIpc) is 2.80. The minimum atomic E-state index is -4.02. The van der Waals surface area contributed by atoms with Crippen molar-refractivity contribution in [3.8, 4) is 11.5 Å². The molecule has 1 aliphatic heterocycles. The summed E-state index contributed by atoms with van der Waals surface area (Å²) in [5, 5.41) is 3.53. The molecule has 0 radical (unpaired) electrons. The van der Waals surface area contributed by atoms with E-state index in [4.69, 9.17) is 32.7 Å². The van der Waals surface area contributed by atoms with Gasteiger partial charge < -0.3 is 14.8 Å². The van der Waals surface area contributed by atoms with Gasteiger partial charge in [0, 0.05) is 28.3 Å². The van der Waals surface area contributed by atoms with Crippen LogP contribution in [0.3, 0.4) is 0 Å². The first-order chi connectivity index (χ1) is 15.8. The number of benzene rings is 3. The van der Waals surface area contributed by atoms with Crippen molar-refractivity contribution in [2.45, 2.75) is 11.4 Å². The molecule has 3 aromatic carbocycles. The summed E-state index contributed by atoms with van der Waals surface area (Å²) in [5.41, 5.74) is 1.04. The highest BCUT2D eigenvalue weighted by atomic mass is 35.5. The number of ether oxygens (including phenoxy) is 2. The third-order valence-corrected chi connectivity index (χ3v) is 7.33.